The number of aliphatic hydroxyl groups is 1. The van der Waals surface area contributed by atoms with E-state index in [2.05, 4.69) is 13.2 Å². The number of fused-ring (bicyclic) bond motifs is 1. The van der Waals surface area contributed by atoms with Crippen LogP contribution < -0.4 is 0 Å². The smallest absolute Gasteiger partial charge is 0.312 e. The molecule has 2 bridgehead atoms. The SMILES string of the molecule is C=CCCCOC(=O)[C@@H]1[C@H]2C(=O)N([C@@H](CO)Cc3ccccc3)C(C(=O)N(CC=C)Cc3ccccc3)C23CC[C@@]1(C)O3. The van der Waals surface area contributed by atoms with Gasteiger partial charge in [-0.15, -0.1) is 13.2 Å². The topological polar surface area (TPSA) is 96.4 Å². The third-order valence-corrected chi connectivity index (χ3v) is 9.29. The van der Waals surface area contributed by atoms with Crippen LogP contribution in [0.2, 0.25) is 0 Å². The molecule has 2 aromatic rings. The maximum atomic E-state index is 14.7. The summed E-state index contributed by atoms with van der Waals surface area (Å²) in [7, 11) is 0. The number of aliphatic hydroxyl groups excluding tert-OH is 1. The Bertz CT molecular complexity index is 1330. The number of hydrogen-bond donors (Lipinski definition) is 1. The fourth-order valence-electron chi connectivity index (χ4n) is 7.39. The van der Waals surface area contributed by atoms with E-state index in [1.165, 1.54) is 4.90 Å². The lowest BCUT2D eigenvalue weighted by atomic mass is 9.66. The first-order valence-corrected chi connectivity index (χ1v) is 15.2. The van der Waals surface area contributed by atoms with Crippen molar-refractivity contribution in [1.29, 1.82) is 0 Å². The molecular formula is C35H42N2O6. The summed E-state index contributed by atoms with van der Waals surface area (Å²) in [5.41, 5.74) is -0.279. The monoisotopic (exact) mass is 586 g/mol. The first-order valence-electron chi connectivity index (χ1n) is 15.2. The molecule has 0 saturated carbocycles. The molecule has 3 aliphatic heterocycles. The molecule has 1 spiro atoms. The number of allylic oxidation sites excluding steroid dienone is 1. The van der Waals surface area contributed by atoms with E-state index in [9.17, 15) is 19.5 Å². The number of amides is 2. The van der Waals surface area contributed by atoms with Gasteiger partial charge in [-0.3, -0.25) is 14.4 Å². The van der Waals surface area contributed by atoms with E-state index in [1.807, 2.05) is 67.6 Å². The average molecular weight is 587 g/mol. The summed E-state index contributed by atoms with van der Waals surface area (Å²) in [6, 6.07) is 17.5. The van der Waals surface area contributed by atoms with Gasteiger partial charge in [-0.25, -0.2) is 0 Å². The molecule has 6 atom stereocenters. The molecule has 3 aliphatic rings. The van der Waals surface area contributed by atoms with Gasteiger partial charge < -0.3 is 24.4 Å². The zero-order chi connectivity index (χ0) is 30.6. The van der Waals surface area contributed by atoms with E-state index in [1.54, 1.807) is 17.1 Å². The Balaban J connectivity index is 1.55. The summed E-state index contributed by atoms with van der Waals surface area (Å²) in [6.07, 6.45) is 6.10. The first-order chi connectivity index (χ1) is 20.8. The number of benzene rings is 2. The van der Waals surface area contributed by atoms with Gasteiger partial charge in [0, 0.05) is 13.1 Å². The van der Waals surface area contributed by atoms with Crippen molar-refractivity contribution in [2.75, 3.05) is 19.8 Å². The molecule has 8 heteroatoms. The first kappa shape index (κ1) is 30.7. The van der Waals surface area contributed by atoms with Crippen LogP contribution in [0.15, 0.2) is 86.0 Å². The lowest BCUT2D eigenvalue weighted by molar-refractivity contribution is -0.162. The second-order valence-electron chi connectivity index (χ2n) is 12.1. The van der Waals surface area contributed by atoms with Crippen molar-refractivity contribution < 1.29 is 29.0 Å². The zero-order valence-corrected chi connectivity index (χ0v) is 24.9. The van der Waals surface area contributed by atoms with Crippen LogP contribution in [0.1, 0.15) is 43.7 Å². The van der Waals surface area contributed by atoms with Crippen molar-refractivity contribution in [2.24, 2.45) is 11.8 Å². The van der Waals surface area contributed by atoms with Gasteiger partial charge in [0.15, 0.2) is 0 Å². The lowest BCUT2D eigenvalue weighted by Gasteiger charge is -2.39. The van der Waals surface area contributed by atoms with Gasteiger partial charge in [0.2, 0.25) is 11.8 Å². The fraction of sp³-hybridized carbons (Fsp3) is 0.457. The largest absolute Gasteiger partial charge is 0.465 e. The van der Waals surface area contributed by atoms with Crippen LogP contribution in [0.25, 0.3) is 0 Å². The Morgan fingerprint density at radius 1 is 1.09 bits per heavy atom. The Morgan fingerprint density at radius 3 is 2.40 bits per heavy atom. The second-order valence-corrected chi connectivity index (χ2v) is 12.1. The predicted octanol–water partition coefficient (Wildman–Crippen LogP) is 4.08. The maximum Gasteiger partial charge on any atom is 0.312 e. The normalized spacial score (nSPS) is 27.9. The van der Waals surface area contributed by atoms with E-state index in [-0.39, 0.29) is 31.6 Å². The molecule has 3 heterocycles. The number of esters is 1. The van der Waals surface area contributed by atoms with E-state index >= 15 is 0 Å². The van der Waals surface area contributed by atoms with Gasteiger partial charge in [0.25, 0.3) is 0 Å². The summed E-state index contributed by atoms with van der Waals surface area (Å²) in [4.78, 5) is 46.1. The molecule has 0 radical (unpaired) electrons. The molecular weight excluding hydrogens is 544 g/mol. The molecule has 2 amide bonds. The van der Waals surface area contributed by atoms with E-state index in [4.69, 9.17) is 9.47 Å². The average Bonchev–Trinajstić information content (AvgIpc) is 3.59. The van der Waals surface area contributed by atoms with Crippen molar-refractivity contribution in [3.8, 4) is 0 Å². The van der Waals surface area contributed by atoms with Gasteiger partial charge in [0.1, 0.15) is 17.6 Å². The van der Waals surface area contributed by atoms with Crippen LogP contribution in [0.5, 0.6) is 0 Å². The molecule has 2 unspecified atom stereocenters. The number of hydrogen-bond acceptors (Lipinski definition) is 6. The van der Waals surface area contributed by atoms with Crippen LogP contribution in [-0.4, -0.2) is 75.7 Å². The minimum absolute atomic E-state index is 0.217. The highest BCUT2D eigenvalue weighted by atomic mass is 16.6. The predicted molar refractivity (Wildman–Crippen MR) is 163 cm³/mol. The number of unbranched alkanes of at least 4 members (excludes halogenated alkanes) is 1. The molecule has 1 N–H and O–H groups in total. The van der Waals surface area contributed by atoms with Crippen molar-refractivity contribution in [3.63, 3.8) is 0 Å². The summed E-state index contributed by atoms with van der Waals surface area (Å²) < 4.78 is 12.4. The molecule has 0 aliphatic carbocycles. The van der Waals surface area contributed by atoms with Crippen LogP contribution in [0.3, 0.4) is 0 Å². The van der Waals surface area contributed by atoms with Crippen LogP contribution in [0.4, 0.5) is 0 Å². The van der Waals surface area contributed by atoms with E-state index in [0.717, 1.165) is 11.1 Å². The highest BCUT2D eigenvalue weighted by molar-refractivity contribution is 5.98. The Labute approximate surface area is 254 Å². The van der Waals surface area contributed by atoms with Crippen molar-refractivity contribution >= 4 is 17.8 Å². The molecule has 43 heavy (non-hydrogen) atoms. The van der Waals surface area contributed by atoms with Crippen LogP contribution >= 0.6 is 0 Å². The number of nitrogens with zero attached hydrogens (tertiary/aromatic N) is 2. The Kier molecular flexibility index (Phi) is 9.18. The maximum absolute atomic E-state index is 14.7. The number of rotatable bonds is 14. The molecule has 3 fully saturated rings. The van der Waals surface area contributed by atoms with Crippen LogP contribution in [-0.2, 0) is 36.8 Å². The zero-order valence-electron chi connectivity index (χ0n) is 24.9. The number of carbonyl (C=O) groups is 3. The van der Waals surface area contributed by atoms with Gasteiger partial charge in [-0.05, 0) is 50.2 Å². The van der Waals surface area contributed by atoms with Gasteiger partial charge >= 0.3 is 5.97 Å². The summed E-state index contributed by atoms with van der Waals surface area (Å²) in [5.74, 6) is -2.84. The number of likely N-dealkylation sites (tertiary alicyclic amines) is 1. The molecule has 3 saturated heterocycles. The number of carbonyl (C=O) groups excluding carboxylic acids is 3. The molecule has 8 nitrogen and oxygen atoms in total. The molecule has 228 valence electrons. The van der Waals surface area contributed by atoms with Crippen molar-refractivity contribution in [1.82, 2.24) is 9.80 Å². The molecule has 0 aromatic heterocycles. The second kappa shape index (κ2) is 12.9. The van der Waals surface area contributed by atoms with Gasteiger partial charge in [-0.1, -0.05) is 72.8 Å². The Hall–Kier alpha value is -3.75. The van der Waals surface area contributed by atoms with E-state index < -0.39 is 41.1 Å². The quantitative estimate of drug-likeness (QED) is 0.204. The highest BCUT2D eigenvalue weighted by Gasteiger charge is 2.79. The third kappa shape index (κ3) is 5.66. The van der Waals surface area contributed by atoms with Crippen LogP contribution in [0, 0.1) is 11.8 Å². The van der Waals surface area contributed by atoms with Gasteiger partial charge in [-0.2, -0.15) is 0 Å². The number of ether oxygens (including phenoxy) is 2. The minimum Gasteiger partial charge on any atom is -0.465 e. The highest BCUT2D eigenvalue weighted by Crippen LogP contribution is 2.63. The van der Waals surface area contributed by atoms with Gasteiger partial charge in [0.05, 0.1) is 30.8 Å². The molecule has 5 rings (SSSR count). The standard InChI is InChI=1S/C35H42N2O6/c1-4-6-13-21-42-33(41)29-28-31(39)37(27(24-38)22-25-14-9-7-10-15-25)30(35(28)19-18-34(29,3)43-35)32(40)36(20-5-2)23-26-16-11-8-12-17-26/h4-5,7-12,14-17,27-30,38H,1-2,6,13,18-24H2,3H3/t27-,28+,29+,30?,34-,35?/m1/s1. The molecule has 2 aromatic carbocycles. The van der Waals surface area contributed by atoms with Crippen molar-refractivity contribution in [2.45, 2.75) is 68.9 Å². The summed E-state index contributed by atoms with van der Waals surface area (Å²) in [6.45, 7) is 9.91. The van der Waals surface area contributed by atoms with Crippen molar-refractivity contribution in [3.05, 3.63) is 97.1 Å². The Morgan fingerprint density at radius 2 is 1.77 bits per heavy atom. The minimum atomic E-state index is -1.21. The summed E-state index contributed by atoms with van der Waals surface area (Å²) in [5, 5.41) is 10.7. The third-order valence-electron chi connectivity index (χ3n) is 9.29. The lowest BCUT2D eigenvalue weighted by Crippen LogP contribution is -2.59. The fourth-order valence-corrected chi connectivity index (χ4v) is 7.39. The summed E-state index contributed by atoms with van der Waals surface area (Å²) >= 11 is 0. The van der Waals surface area contributed by atoms with E-state index in [0.29, 0.717) is 38.6 Å².